The second-order valence-electron chi connectivity index (χ2n) is 9.64. The van der Waals surface area contributed by atoms with Crippen LogP contribution in [0.4, 0.5) is 10.1 Å². The molecule has 0 fully saturated rings. The average molecular weight is 519 g/mol. The van der Waals surface area contributed by atoms with Crippen LogP contribution in [0.15, 0.2) is 67.0 Å². The maximum atomic E-state index is 14.6. The van der Waals surface area contributed by atoms with Gasteiger partial charge in [-0.3, -0.25) is 19.5 Å². The van der Waals surface area contributed by atoms with Crippen LogP contribution in [-0.2, 0) is 6.54 Å². The zero-order valence-electron chi connectivity index (χ0n) is 22.3. The molecule has 1 aliphatic rings. The first-order chi connectivity index (χ1) is 18.4. The third kappa shape index (κ3) is 6.55. The Morgan fingerprint density at radius 1 is 0.947 bits per heavy atom. The Hall–Kier alpha value is -3.78. The van der Waals surface area contributed by atoms with E-state index in [9.17, 15) is 14.0 Å². The van der Waals surface area contributed by atoms with E-state index >= 15 is 0 Å². The fourth-order valence-electron chi connectivity index (χ4n) is 4.76. The molecule has 0 aliphatic carbocycles. The van der Waals surface area contributed by atoms with Crippen LogP contribution in [-0.4, -0.2) is 65.4 Å². The van der Waals surface area contributed by atoms with Crippen molar-refractivity contribution in [2.75, 3.05) is 37.7 Å². The Morgan fingerprint density at radius 3 is 2.47 bits per heavy atom. The summed E-state index contributed by atoms with van der Waals surface area (Å²) in [4.78, 5) is 37.2. The lowest BCUT2D eigenvalue weighted by molar-refractivity contribution is 0.0711. The molecule has 0 saturated carbocycles. The average Bonchev–Trinajstić information content (AvgIpc) is 2.95. The van der Waals surface area contributed by atoms with Crippen molar-refractivity contribution in [2.24, 2.45) is 0 Å². The zero-order chi connectivity index (χ0) is 27.1. The molecule has 2 aromatic carbocycles. The molecule has 1 aromatic heterocycles. The first-order valence-electron chi connectivity index (χ1n) is 13.1. The number of nitrogens with zero attached hydrogens (tertiary/aromatic N) is 4. The molecule has 0 radical (unpaired) electrons. The predicted octanol–water partition coefficient (Wildman–Crippen LogP) is 5.02. The number of carbonyl (C=O) groups is 2. The molecule has 0 N–H and O–H groups in total. The summed E-state index contributed by atoms with van der Waals surface area (Å²) in [5, 5.41) is 0. The lowest BCUT2D eigenvalue weighted by Gasteiger charge is -2.30. The summed E-state index contributed by atoms with van der Waals surface area (Å²) in [6, 6.07) is 15.2. The molecular formula is C30H35FN4O3. The number of hydrogen-bond donors (Lipinski definition) is 0. The van der Waals surface area contributed by atoms with Crippen LogP contribution < -0.4 is 9.64 Å². The molecule has 0 atom stereocenters. The van der Waals surface area contributed by atoms with E-state index in [1.165, 1.54) is 12.1 Å². The predicted molar refractivity (Wildman–Crippen MR) is 146 cm³/mol. The second-order valence-corrected chi connectivity index (χ2v) is 9.64. The van der Waals surface area contributed by atoms with E-state index in [1.54, 1.807) is 58.6 Å². The van der Waals surface area contributed by atoms with Crippen molar-refractivity contribution in [3.8, 4) is 5.75 Å². The SMILES string of the molecule is CCOc1cccc(C(=O)N2CCN(C(C)C)CCCN(C(=O)c3ccncc3)c3ccc(F)cc3C2)c1. The number of pyridine rings is 1. The lowest BCUT2D eigenvalue weighted by Crippen LogP contribution is -2.41. The number of amides is 2. The van der Waals surface area contributed by atoms with E-state index < -0.39 is 5.82 Å². The first-order valence-corrected chi connectivity index (χ1v) is 13.1. The lowest BCUT2D eigenvalue weighted by atomic mass is 10.1. The van der Waals surface area contributed by atoms with Gasteiger partial charge in [-0.1, -0.05) is 6.07 Å². The van der Waals surface area contributed by atoms with Crippen molar-refractivity contribution < 1.29 is 18.7 Å². The van der Waals surface area contributed by atoms with E-state index in [0.717, 1.165) is 13.0 Å². The van der Waals surface area contributed by atoms with Gasteiger partial charge in [0.15, 0.2) is 0 Å². The van der Waals surface area contributed by atoms with E-state index in [2.05, 4.69) is 23.7 Å². The number of benzene rings is 2. The molecular weight excluding hydrogens is 483 g/mol. The molecule has 0 bridgehead atoms. The molecule has 8 heteroatoms. The van der Waals surface area contributed by atoms with Crippen LogP contribution in [0.25, 0.3) is 0 Å². The fourth-order valence-corrected chi connectivity index (χ4v) is 4.76. The Labute approximate surface area is 223 Å². The van der Waals surface area contributed by atoms with Crippen molar-refractivity contribution in [1.82, 2.24) is 14.8 Å². The van der Waals surface area contributed by atoms with Crippen LogP contribution >= 0.6 is 0 Å². The number of ether oxygens (including phenoxy) is 1. The van der Waals surface area contributed by atoms with Gasteiger partial charge in [-0.25, -0.2) is 4.39 Å². The molecule has 200 valence electrons. The number of halogens is 1. The van der Waals surface area contributed by atoms with E-state index in [1.807, 2.05) is 13.0 Å². The van der Waals surface area contributed by atoms with Crippen molar-refractivity contribution in [3.05, 3.63) is 89.5 Å². The molecule has 7 nitrogen and oxygen atoms in total. The number of fused-ring (bicyclic) bond motifs is 1. The van der Waals surface area contributed by atoms with Gasteiger partial charge in [0.25, 0.3) is 11.8 Å². The molecule has 2 amide bonds. The maximum absolute atomic E-state index is 14.6. The Morgan fingerprint density at radius 2 is 1.74 bits per heavy atom. The van der Waals surface area contributed by atoms with Crippen molar-refractivity contribution >= 4 is 17.5 Å². The van der Waals surface area contributed by atoms with Gasteiger partial charge in [0.1, 0.15) is 11.6 Å². The van der Waals surface area contributed by atoms with E-state index in [-0.39, 0.29) is 24.4 Å². The van der Waals surface area contributed by atoms with Crippen LogP contribution in [0, 0.1) is 5.82 Å². The van der Waals surface area contributed by atoms with Gasteiger partial charge < -0.3 is 14.5 Å². The topological polar surface area (TPSA) is 66.0 Å². The molecule has 38 heavy (non-hydrogen) atoms. The van der Waals surface area contributed by atoms with Gasteiger partial charge >= 0.3 is 0 Å². The number of anilines is 1. The van der Waals surface area contributed by atoms with Gasteiger partial charge in [0.05, 0.1) is 6.61 Å². The minimum Gasteiger partial charge on any atom is -0.494 e. The van der Waals surface area contributed by atoms with Crippen LogP contribution in [0.3, 0.4) is 0 Å². The molecule has 0 unspecified atom stereocenters. The Kier molecular flexibility index (Phi) is 9.07. The summed E-state index contributed by atoms with van der Waals surface area (Å²) in [5.74, 6) is -0.139. The number of aromatic nitrogens is 1. The summed E-state index contributed by atoms with van der Waals surface area (Å²) in [7, 11) is 0. The minimum atomic E-state index is -0.413. The molecule has 0 saturated heterocycles. The largest absolute Gasteiger partial charge is 0.494 e. The van der Waals surface area contributed by atoms with Gasteiger partial charge in [-0.05, 0) is 81.3 Å². The number of carbonyl (C=O) groups excluding carboxylic acids is 2. The highest BCUT2D eigenvalue weighted by Crippen LogP contribution is 2.27. The highest BCUT2D eigenvalue weighted by atomic mass is 19.1. The van der Waals surface area contributed by atoms with Gasteiger partial charge in [-0.2, -0.15) is 0 Å². The summed E-state index contributed by atoms with van der Waals surface area (Å²) >= 11 is 0. The number of hydrogen-bond acceptors (Lipinski definition) is 5. The summed E-state index contributed by atoms with van der Waals surface area (Å²) < 4.78 is 20.2. The molecule has 0 spiro atoms. The Balaban J connectivity index is 1.75. The van der Waals surface area contributed by atoms with Gasteiger partial charge in [0, 0.05) is 68.0 Å². The van der Waals surface area contributed by atoms with Crippen LogP contribution in [0.1, 0.15) is 53.5 Å². The summed E-state index contributed by atoms with van der Waals surface area (Å²) in [5.41, 5.74) is 2.20. The molecule has 3 aromatic rings. The molecule has 2 heterocycles. The third-order valence-electron chi connectivity index (χ3n) is 6.76. The monoisotopic (exact) mass is 518 g/mol. The maximum Gasteiger partial charge on any atom is 0.258 e. The standard InChI is InChI=1S/C30H35FN4O3/c1-4-38-27-8-5-7-24(20-27)29(36)34-18-17-33(22(2)3)15-6-16-35(30(37)23-11-13-32-14-12-23)28-10-9-26(31)19-25(28)21-34/h5,7-14,19-20,22H,4,6,15-18,21H2,1-3H3. The summed E-state index contributed by atoms with van der Waals surface area (Å²) in [6.07, 6.45) is 3.90. The van der Waals surface area contributed by atoms with Crippen LogP contribution in [0.5, 0.6) is 5.75 Å². The van der Waals surface area contributed by atoms with E-state index in [0.29, 0.717) is 54.4 Å². The highest BCUT2D eigenvalue weighted by molar-refractivity contribution is 6.06. The smallest absolute Gasteiger partial charge is 0.258 e. The highest BCUT2D eigenvalue weighted by Gasteiger charge is 2.26. The molecule has 4 rings (SSSR count). The van der Waals surface area contributed by atoms with Crippen molar-refractivity contribution in [3.63, 3.8) is 0 Å². The normalized spacial score (nSPS) is 15.1. The quantitative estimate of drug-likeness (QED) is 0.475. The third-order valence-corrected chi connectivity index (χ3v) is 6.76. The zero-order valence-corrected chi connectivity index (χ0v) is 22.3. The van der Waals surface area contributed by atoms with Crippen molar-refractivity contribution in [2.45, 2.75) is 39.8 Å². The fraction of sp³-hybridized carbons (Fsp3) is 0.367. The van der Waals surface area contributed by atoms with E-state index in [4.69, 9.17) is 4.74 Å². The number of rotatable bonds is 5. The minimum absolute atomic E-state index is 0.164. The Bertz CT molecular complexity index is 1250. The van der Waals surface area contributed by atoms with Crippen LogP contribution in [0.2, 0.25) is 0 Å². The summed E-state index contributed by atoms with van der Waals surface area (Å²) in [6.45, 7) is 9.16. The van der Waals surface area contributed by atoms with Gasteiger partial charge in [-0.15, -0.1) is 0 Å². The first kappa shape index (κ1) is 27.3. The van der Waals surface area contributed by atoms with Crippen molar-refractivity contribution in [1.29, 1.82) is 0 Å². The second kappa shape index (κ2) is 12.6. The van der Waals surface area contributed by atoms with Gasteiger partial charge in [0.2, 0.25) is 0 Å². The molecule has 1 aliphatic heterocycles.